The zero-order valence-electron chi connectivity index (χ0n) is 11.3. The summed E-state index contributed by atoms with van der Waals surface area (Å²) in [5.41, 5.74) is 1.62. The van der Waals surface area contributed by atoms with Crippen LogP contribution in [-0.2, 0) is 0 Å². The molecule has 0 aromatic carbocycles. The van der Waals surface area contributed by atoms with Gasteiger partial charge in [0.2, 0.25) is 0 Å². The molecule has 0 amide bonds. The molecular weight excluding hydrogens is 194 g/mol. The number of nitrogens with zero attached hydrogens (tertiary/aromatic N) is 1. The van der Waals surface area contributed by atoms with E-state index in [2.05, 4.69) is 70.0 Å². The molecule has 0 fully saturated rings. The summed E-state index contributed by atoms with van der Waals surface area (Å²) in [6, 6.07) is 0. The quantitative estimate of drug-likeness (QED) is 0.636. The molecule has 0 saturated heterocycles. The van der Waals surface area contributed by atoms with Crippen molar-refractivity contribution < 1.29 is 0 Å². The van der Waals surface area contributed by atoms with Crippen LogP contribution in [0.15, 0.2) is 36.0 Å². The summed E-state index contributed by atoms with van der Waals surface area (Å²) < 4.78 is 0. The van der Waals surface area contributed by atoms with Gasteiger partial charge in [0.15, 0.2) is 0 Å². The lowest BCUT2D eigenvalue weighted by molar-refractivity contribution is 0.132. The Labute approximate surface area is 101 Å². The molecule has 0 aliphatic heterocycles. The van der Waals surface area contributed by atoms with Crippen LogP contribution in [0.2, 0.25) is 0 Å². The molecule has 0 radical (unpaired) electrons. The molecule has 0 aromatic rings. The largest absolute Gasteiger partial charge is 0.300 e. The second kappa shape index (κ2) is 5.49. The third kappa shape index (κ3) is 3.34. The summed E-state index contributed by atoms with van der Waals surface area (Å²) >= 11 is 0. The molecule has 1 aliphatic rings. The van der Waals surface area contributed by atoms with Crippen molar-refractivity contribution in [3.05, 3.63) is 36.0 Å². The maximum absolute atomic E-state index is 2.46. The fourth-order valence-electron chi connectivity index (χ4n) is 1.99. The van der Waals surface area contributed by atoms with Crippen molar-refractivity contribution in [1.82, 2.24) is 4.90 Å². The first-order chi connectivity index (χ1) is 7.44. The lowest BCUT2D eigenvalue weighted by atomic mass is 9.87. The van der Waals surface area contributed by atoms with Gasteiger partial charge in [-0.1, -0.05) is 36.0 Å². The van der Waals surface area contributed by atoms with Gasteiger partial charge >= 0.3 is 0 Å². The van der Waals surface area contributed by atoms with E-state index in [0.717, 1.165) is 13.0 Å². The normalized spacial score (nSPS) is 16.1. The second-order valence-electron chi connectivity index (χ2n) is 5.44. The van der Waals surface area contributed by atoms with E-state index in [1.54, 1.807) is 0 Å². The Morgan fingerprint density at radius 3 is 2.31 bits per heavy atom. The predicted octanol–water partition coefficient (Wildman–Crippen LogP) is 3.80. The van der Waals surface area contributed by atoms with Crippen LogP contribution < -0.4 is 0 Å². The van der Waals surface area contributed by atoms with Crippen LogP contribution in [0.25, 0.3) is 0 Å². The predicted molar refractivity (Wildman–Crippen MR) is 72.5 cm³/mol. The minimum atomic E-state index is 0.207. The second-order valence-corrected chi connectivity index (χ2v) is 5.44. The highest BCUT2D eigenvalue weighted by Crippen LogP contribution is 2.28. The number of hydrogen-bond acceptors (Lipinski definition) is 1. The zero-order valence-corrected chi connectivity index (χ0v) is 11.3. The summed E-state index contributed by atoms with van der Waals surface area (Å²) in [7, 11) is 2.22. The fraction of sp³-hybridized carbons (Fsp3) is 0.600. The van der Waals surface area contributed by atoms with Crippen molar-refractivity contribution in [2.75, 3.05) is 13.6 Å². The summed E-state index contributed by atoms with van der Waals surface area (Å²) in [6.07, 6.45) is 12.3. The molecular formula is C15H25N. The molecule has 1 aliphatic carbocycles. The van der Waals surface area contributed by atoms with Gasteiger partial charge in [-0.25, -0.2) is 0 Å². The molecule has 0 atom stereocenters. The first-order valence-corrected chi connectivity index (χ1v) is 6.14. The fourth-order valence-corrected chi connectivity index (χ4v) is 1.99. The molecule has 16 heavy (non-hydrogen) atoms. The van der Waals surface area contributed by atoms with Crippen molar-refractivity contribution in [2.24, 2.45) is 5.92 Å². The molecule has 0 saturated carbocycles. The van der Waals surface area contributed by atoms with Gasteiger partial charge in [-0.05, 0) is 41.2 Å². The Morgan fingerprint density at radius 2 is 1.81 bits per heavy atom. The van der Waals surface area contributed by atoms with Gasteiger partial charge in [0.1, 0.15) is 0 Å². The standard InChI is InChI=1S/C15H25N/c1-13(2)9-8-12-16(5)15(3,4)14-10-6-7-11-14/h6-7,9-11,14H,8,12H2,1-5H3. The summed E-state index contributed by atoms with van der Waals surface area (Å²) in [4.78, 5) is 2.46. The monoisotopic (exact) mass is 219 g/mol. The molecule has 1 heteroatoms. The topological polar surface area (TPSA) is 3.24 Å². The molecule has 1 nitrogen and oxygen atoms in total. The third-order valence-corrected chi connectivity index (χ3v) is 3.56. The average Bonchev–Trinajstić information content (AvgIpc) is 2.69. The van der Waals surface area contributed by atoms with Crippen LogP contribution in [0.3, 0.4) is 0 Å². The van der Waals surface area contributed by atoms with E-state index in [1.165, 1.54) is 5.57 Å². The summed E-state index contributed by atoms with van der Waals surface area (Å²) in [5, 5.41) is 0. The molecule has 90 valence electrons. The average molecular weight is 219 g/mol. The van der Waals surface area contributed by atoms with Crippen molar-refractivity contribution in [3.8, 4) is 0 Å². The molecule has 0 heterocycles. The van der Waals surface area contributed by atoms with E-state index in [1.807, 2.05) is 0 Å². The maximum Gasteiger partial charge on any atom is 0.0247 e. The molecule has 0 bridgehead atoms. The summed E-state index contributed by atoms with van der Waals surface area (Å²) in [6.45, 7) is 10.1. The number of rotatable bonds is 5. The van der Waals surface area contributed by atoms with Crippen LogP contribution >= 0.6 is 0 Å². The van der Waals surface area contributed by atoms with E-state index >= 15 is 0 Å². The Hall–Kier alpha value is -0.820. The van der Waals surface area contributed by atoms with Gasteiger partial charge in [0.25, 0.3) is 0 Å². The van der Waals surface area contributed by atoms with Gasteiger partial charge in [0.05, 0.1) is 0 Å². The van der Waals surface area contributed by atoms with E-state index in [-0.39, 0.29) is 5.54 Å². The van der Waals surface area contributed by atoms with E-state index in [0.29, 0.717) is 5.92 Å². The third-order valence-electron chi connectivity index (χ3n) is 3.56. The first kappa shape index (κ1) is 13.2. The first-order valence-electron chi connectivity index (χ1n) is 6.14. The van der Waals surface area contributed by atoms with Crippen LogP contribution in [0.4, 0.5) is 0 Å². The van der Waals surface area contributed by atoms with Crippen molar-refractivity contribution in [2.45, 2.75) is 39.7 Å². The van der Waals surface area contributed by atoms with Gasteiger partial charge in [-0.3, -0.25) is 0 Å². The van der Waals surface area contributed by atoms with Gasteiger partial charge < -0.3 is 4.90 Å². The lowest BCUT2D eigenvalue weighted by Gasteiger charge is -2.39. The van der Waals surface area contributed by atoms with Crippen LogP contribution in [-0.4, -0.2) is 24.0 Å². The van der Waals surface area contributed by atoms with Crippen LogP contribution in [0.1, 0.15) is 34.1 Å². The highest BCUT2D eigenvalue weighted by Gasteiger charge is 2.30. The van der Waals surface area contributed by atoms with E-state index in [4.69, 9.17) is 0 Å². The highest BCUT2D eigenvalue weighted by atomic mass is 15.2. The molecule has 0 N–H and O–H groups in total. The summed E-state index contributed by atoms with van der Waals surface area (Å²) in [5.74, 6) is 0.546. The highest BCUT2D eigenvalue weighted by molar-refractivity contribution is 5.22. The smallest absolute Gasteiger partial charge is 0.0247 e. The van der Waals surface area contributed by atoms with Crippen molar-refractivity contribution in [1.29, 1.82) is 0 Å². The number of allylic oxidation sites excluding steroid dienone is 3. The minimum Gasteiger partial charge on any atom is -0.300 e. The van der Waals surface area contributed by atoms with E-state index in [9.17, 15) is 0 Å². The van der Waals surface area contributed by atoms with Crippen LogP contribution in [0, 0.1) is 5.92 Å². The van der Waals surface area contributed by atoms with E-state index < -0.39 is 0 Å². The molecule has 1 rings (SSSR count). The lowest BCUT2D eigenvalue weighted by Crippen LogP contribution is -2.46. The van der Waals surface area contributed by atoms with Gasteiger partial charge in [0, 0.05) is 18.0 Å². The Kier molecular flexibility index (Phi) is 4.55. The SMILES string of the molecule is CC(C)=CCCN(C)C(C)(C)C1C=CC=C1. The van der Waals surface area contributed by atoms with Gasteiger partial charge in [-0.2, -0.15) is 0 Å². The molecule has 0 unspecified atom stereocenters. The molecule has 0 spiro atoms. The Bertz CT molecular complexity index is 291. The molecule has 0 aromatic heterocycles. The van der Waals surface area contributed by atoms with Crippen molar-refractivity contribution in [3.63, 3.8) is 0 Å². The maximum atomic E-state index is 2.46. The van der Waals surface area contributed by atoms with Crippen LogP contribution in [0.5, 0.6) is 0 Å². The zero-order chi connectivity index (χ0) is 12.2. The van der Waals surface area contributed by atoms with Gasteiger partial charge in [-0.15, -0.1) is 0 Å². The minimum absolute atomic E-state index is 0.207. The van der Waals surface area contributed by atoms with Crippen molar-refractivity contribution >= 4 is 0 Å². The number of hydrogen-bond donors (Lipinski definition) is 0. The Morgan fingerprint density at radius 1 is 1.25 bits per heavy atom. The Balaban J connectivity index is 2.51.